The lowest BCUT2D eigenvalue weighted by Gasteiger charge is -2.46. The first-order valence-corrected chi connectivity index (χ1v) is 9.30. The molecule has 2 aliphatic heterocycles. The third kappa shape index (κ3) is 2.97. The molecular weight excluding hydrogens is 358 g/mol. The fourth-order valence-corrected chi connectivity index (χ4v) is 4.57. The number of halogens is 2. The molecule has 4 rings (SSSR count). The van der Waals surface area contributed by atoms with Gasteiger partial charge in [-0.15, -0.1) is 0 Å². The van der Waals surface area contributed by atoms with Crippen molar-refractivity contribution in [1.29, 1.82) is 0 Å². The fourth-order valence-electron chi connectivity index (χ4n) is 3.56. The summed E-state index contributed by atoms with van der Waals surface area (Å²) in [5.41, 5.74) is 6.28. The molecule has 0 spiro atoms. The van der Waals surface area contributed by atoms with Crippen LogP contribution in [0.25, 0.3) is 0 Å². The fraction of sp³-hybridized carbons (Fsp3) is 0.389. The number of rotatable bonds is 2. The minimum Gasteiger partial charge on any atom is -0.379 e. The number of hydrogen-bond donors (Lipinski definition) is 1. The SMILES string of the molecule is Cc1cnc(C2CC3CSC(N)=NC3(c3ccc(F)cc3F)CO2)nc1. The molecule has 1 aromatic heterocycles. The highest BCUT2D eigenvalue weighted by atomic mass is 32.2. The maximum Gasteiger partial charge on any atom is 0.157 e. The lowest BCUT2D eigenvalue weighted by atomic mass is 9.75. The Bertz CT molecular complexity index is 861. The highest BCUT2D eigenvalue weighted by molar-refractivity contribution is 8.13. The van der Waals surface area contributed by atoms with Gasteiger partial charge in [-0.05, 0) is 25.0 Å². The maximum atomic E-state index is 14.6. The number of nitrogens with two attached hydrogens (primary N) is 1. The lowest BCUT2D eigenvalue weighted by molar-refractivity contribution is -0.0626. The van der Waals surface area contributed by atoms with Crippen LogP contribution in [-0.2, 0) is 10.3 Å². The van der Waals surface area contributed by atoms with Gasteiger partial charge in [0.25, 0.3) is 0 Å². The molecule has 3 unspecified atom stereocenters. The second-order valence-corrected chi connectivity index (χ2v) is 7.70. The predicted molar refractivity (Wildman–Crippen MR) is 95.7 cm³/mol. The Balaban J connectivity index is 1.71. The maximum absolute atomic E-state index is 14.6. The van der Waals surface area contributed by atoms with Gasteiger partial charge < -0.3 is 10.5 Å². The zero-order valence-corrected chi connectivity index (χ0v) is 15.0. The van der Waals surface area contributed by atoms with Crippen LogP contribution in [-0.4, -0.2) is 27.5 Å². The molecule has 1 saturated heterocycles. The van der Waals surface area contributed by atoms with Crippen LogP contribution in [0.2, 0.25) is 0 Å². The van der Waals surface area contributed by atoms with E-state index in [9.17, 15) is 8.78 Å². The number of aromatic nitrogens is 2. The number of thioether (sulfide) groups is 1. The Kier molecular flexibility index (Phi) is 4.40. The Labute approximate surface area is 154 Å². The summed E-state index contributed by atoms with van der Waals surface area (Å²) in [6.45, 7) is 2.06. The van der Waals surface area contributed by atoms with E-state index in [0.29, 0.717) is 28.7 Å². The number of benzene rings is 1. The molecular formula is C18H18F2N4OS. The van der Waals surface area contributed by atoms with E-state index >= 15 is 0 Å². The molecule has 0 bridgehead atoms. The number of ether oxygens (including phenoxy) is 1. The minimum atomic E-state index is -0.950. The first kappa shape index (κ1) is 17.4. The summed E-state index contributed by atoms with van der Waals surface area (Å²) in [5, 5.41) is 0.388. The number of fused-ring (bicyclic) bond motifs is 1. The zero-order chi connectivity index (χ0) is 18.3. The zero-order valence-electron chi connectivity index (χ0n) is 14.2. The number of amidine groups is 1. The van der Waals surface area contributed by atoms with E-state index < -0.39 is 17.2 Å². The third-order valence-electron chi connectivity index (χ3n) is 4.91. The van der Waals surface area contributed by atoms with Crippen LogP contribution in [0, 0.1) is 24.5 Å². The van der Waals surface area contributed by atoms with Crippen molar-refractivity contribution in [3.63, 3.8) is 0 Å². The van der Waals surface area contributed by atoms with E-state index in [2.05, 4.69) is 15.0 Å². The highest BCUT2D eigenvalue weighted by Gasteiger charge is 2.50. The van der Waals surface area contributed by atoms with Gasteiger partial charge in [0.15, 0.2) is 11.0 Å². The molecule has 3 heterocycles. The van der Waals surface area contributed by atoms with Crippen molar-refractivity contribution in [2.45, 2.75) is 25.0 Å². The summed E-state index contributed by atoms with van der Waals surface area (Å²) < 4.78 is 33.9. The van der Waals surface area contributed by atoms with E-state index in [1.165, 1.54) is 23.9 Å². The largest absolute Gasteiger partial charge is 0.379 e. The third-order valence-corrected chi connectivity index (χ3v) is 5.86. The van der Waals surface area contributed by atoms with E-state index in [1.807, 2.05) is 6.92 Å². The lowest BCUT2D eigenvalue weighted by Crippen LogP contribution is -2.48. The van der Waals surface area contributed by atoms with Gasteiger partial charge >= 0.3 is 0 Å². The van der Waals surface area contributed by atoms with E-state index in [-0.39, 0.29) is 18.6 Å². The predicted octanol–water partition coefficient (Wildman–Crippen LogP) is 3.10. The molecule has 0 aliphatic carbocycles. The first-order valence-electron chi connectivity index (χ1n) is 8.32. The molecule has 0 saturated carbocycles. The Morgan fingerprint density at radius 1 is 1.27 bits per heavy atom. The van der Waals surface area contributed by atoms with Gasteiger partial charge in [-0.3, -0.25) is 0 Å². The van der Waals surface area contributed by atoms with Crippen molar-refractivity contribution >= 4 is 16.9 Å². The van der Waals surface area contributed by atoms with E-state index in [0.717, 1.165) is 11.6 Å². The number of aliphatic imine (C=N–C) groups is 1. The Hall–Kier alpha value is -2.06. The summed E-state index contributed by atoms with van der Waals surface area (Å²) in [6.07, 6.45) is 3.80. The Morgan fingerprint density at radius 2 is 2.04 bits per heavy atom. The quantitative estimate of drug-likeness (QED) is 0.872. The first-order chi connectivity index (χ1) is 12.5. The van der Waals surface area contributed by atoms with E-state index in [1.54, 1.807) is 12.4 Å². The molecule has 2 N–H and O–H groups in total. The summed E-state index contributed by atoms with van der Waals surface area (Å²) in [7, 11) is 0. The van der Waals surface area contributed by atoms with Crippen LogP contribution in [0.1, 0.15) is 29.5 Å². The molecule has 2 aromatic rings. The van der Waals surface area contributed by atoms with Gasteiger partial charge in [0.1, 0.15) is 23.3 Å². The minimum absolute atomic E-state index is 0.0246. The molecule has 3 atom stereocenters. The molecule has 136 valence electrons. The second-order valence-electron chi connectivity index (χ2n) is 6.66. The van der Waals surface area contributed by atoms with Crippen LogP contribution in [0.15, 0.2) is 35.6 Å². The molecule has 5 nitrogen and oxygen atoms in total. The molecule has 2 aliphatic rings. The van der Waals surface area contributed by atoms with Crippen molar-refractivity contribution in [2.75, 3.05) is 12.4 Å². The normalized spacial score (nSPS) is 28.3. The number of aryl methyl sites for hydroxylation is 1. The number of hydrogen-bond acceptors (Lipinski definition) is 6. The van der Waals surface area contributed by atoms with Crippen LogP contribution in [0.5, 0.6) is 0 Å². The average Bonchev–Trinajstić information content (AvgIpc) is 2.61. The van der Waals surface area contributed by atoms with Gasteiger partial charge in [-0.2, -0.15) is 0 Å². The van der Waals surface area contributed by atoms with Crippen molar-refractivity contribution in [3.8, 4) is 0 Å². The molecule has 8 heteroatoms. The van der Waals surface area contributed by atoms with Crippen LogP contribution < -0.4 is 5.73 Å². The van der Waals surface area contributed by atoms with Crippen molar-refractivity contribution in [2.24, 2.45) is 16.6 Å². The van der Waals surface area contributed by atoms with Gasteiger partial charge in [0.05, 0.1) is 6.61 Å². The second kappa shape index (κ2) is 6.59. The van der Waals surface area contributed by atoms with Gasteiger partial charge in [0.2, 0.25) is 0 Å². The summed E-state index contributed by atoms with van der Waals surface area (Å²) in [4.78, 5) is 13.3. The summed E-state index contributed by atoms with van der Waals surface area (Å²) in [5.74, 6) is 0.00789. The molecule has 0 radical (unpaired) electrons. The van der Waals surface area contributed by atoms with Crippen molar-refractivity contribution in [3.05, 3.63) is 59.2 Å². The molecule has 26 heavy (non-hydrogen) atoms. The summed E-state index contributed by atoms with van der Waals surface area (Å²) >= 11 is 1.44. The van der Waals surface area contributed by atoms with Gasteiger partial charge in [0, 0.05) is 35.7 Å². The van der Waals surface area contributed by atoms with Gasteiger partial charge in [-0.1, -0.05) is 17.8 Å². The standard InChI is InChI=1S/C18H18F2N4OS/c1-10-6-22-16(23-7-10)15-4-11-8-26-17(21)24-18(11,9-25-15)13-3-2-12(19)5-14(13)20/h2-3,5-7,11,15H,4,8-9H2,1H3,(H2,21,24). The van der Waals surface area contributed by atoms with Gasteiger partial charge in [-0.25, -0.2) is 23.7 Å². The molecule has 1 fully saturated rings. The molecule has 1 aromatic carbocycles. The van der Waals surface area contributed by atoms with Crippen molar-refractivity contribution in [1.82, 2.24) is 9.97 Å². The van der Waals surface area contributed by atoms with Crippen LogP contribution >= 0.6 is 11.8 Å². The topological polar surface area (TPSA) is 73.4 Å². The molecule has 0 amide bonds. The van der Waals surface area contributed by atoms with Crippen molar-refractivity contribution < 1.29 is 13.5 Å². The monoisotopic (exact) mass is 376 g/mol. The summed E-state index contributed by atoms with van der Waals surface area (Å²) in [6, 6.07) is 3.56. The number of nitrogens with zero attached hydrogens (tertiary/aromatic N) is 3. The smallest absolute Gasteiger partial charge is 0.157 e. The van der Waals surface area contributed by atoms with E-state index in [4.69, 9.17) is 10.5 Å². The van der Waals surface area contributed by atoms with Crippen LogP contribution in [0.3, 0.4) is 0 Å². The average molecular weight is 376 g/mol. The van der Waals surface area contributed by atoms with Crippen LogP contribution in [0.4, 0.5) is 8.78 Å². The Morgan fingerprint density at radius 3 is 2.77 bits per heavy atom. The highest BCUT2D eigenvalue weighted by Crippen LogP contribution is 2.49.